The molecule has 20 heavy (non-hydrogen) atoms. The molecule has 3 rings (SSSR count). The van der Waals surface area contributed by atoms with Crippen LogP contribution < -0.4 is 11.1 Å². The molecule has 102 valence electrons. The van der Waals surface area contributed by atoms with E-state index in [1.807, 2.05) is 24.4 Å². The van der Waals surface area contributed by atoms with Crippen molar-refractivity contribution >= 4 is 22.4 Å². The Hall–Kier alpha value is -2.70. The number of fused-ring (bicyclic) bond motifs is 1. The summed E-state index contributed by atoms with van der Waals surface area (Å²) in [6.45, 7) is 1.61. The number of hydrogen-bond acceptors (Lipinski definition) is 6. The second-order valence-corrected chi connectivity index (χ2v) is 4.45. The Labute approximate surface area is 115 Å². The number of nitrogens with one attached hydrogen (secondary N) is 1. The molecule has 0 saturated carbocycles. The van der Waals surface area contributed by atoms with Gasteiger partial charge in [-0.05, 0) is 24.6 Å². The van der Waals surface area contributed by atoms with E-state index in [0.29, 0.717) is 5.69 Å². The molecule has 0 amide bonds. The minimum absolute atomic E-state index is 0.706. The number of nitrogens with zero attached hydrogens (tertiary/aromatic N) is 5. The van der Waals surface area contributed by atoms with Crippen molar-refractivity contribution in [2.75, 3.05) is 17.6 Å². The lowest BCUT2D eigenvalue weighted by atomic mass is 10.2. The zero-order chi connectivity index (χ0) is 13.8. The minimum Gasteiger partial charge on any atom is -0.399 e. The predicted molar refractivity (Wildman–Crippen MR) is 77.1 cm³/mol. The van der Waals surface area contributed by atoms with Gasteiger partial charge in [0.2, 0.25) is 0 Å². The summed E-state index contributed by atoms with van der Waals surface area (Å²) in [6.07, 6.45) is 6.00. The number of nitrogens with two attached hydrogens (primary N) is 1. The highest BCUT2D eigenvalue weighted by Crippen LogP contribution is 2.21. The monoisotopic (exact) mass is 269 g/mol. The molecule has 0 spiro atoms. The molecule has 0 unspecified atom stereocenters. The SMILES string of the molecule is Nc1ccc2ncnc(NCCCn3ccnn3)c2c1. The van der Waals surface area contributed by atoms with Gasteiger partial charge < -0.3 is 11.1 Å². The van der Waals surface area contributed by atoms with Crippen molar-refractivity contribution in [3.8, 4) is 0 Å². The molecule has 0 aliphatic heterocycles. The Kier molecular flexibility index (Phi) is 3.40. The zero-order valence-corrected chi connectivity index (χ0v) is 10.9. The average Bonchev–Trinajstić information content (AvgIpc) is 2.97. The van der Waals surface area contributed by atoms with Crippen LogP contribution in [-0.2, 0) is 6.54 Å². The first-order chi connectivity index (χ1) is 9.83. The Bertz CT molecular complexity index is 693. The van der Waals surface area contributed by atoms with Gasteiger partial charge in [-0.25, -0.2) is 9.97 Å². The molecule has 0 radical (unpaired) electrons. The largest absolute Gasteiger partial charge is 0.399 e. The van der Waals surface area contributed by atoms with E-state index in [1.54, 1.807) is 17.2 Å². The normalized spacial score (nSPS) is 10.8. The van der Waals surface area contributed by atoms with Crippen molar-refractivity contribution in [3.63, 3.8) is 0 Å². The lowest BCUT2D eigenvalue weighted by Crippen LogP contribution is -2.08. The summed E-state index contributed by atoms with van der Waals surface area (Å²) in [6, 6.07) is 5.62. The molecule has 0 bridgehead atoms. The van der Waals surface area contributed by atoms with Crippen LogP contribution >= 0.6 is 0 Å². The summed E-state index contributed by atoms with van der Waals surface area (Å²) in [5.41, 5.74) is 7.40. The van der Waals surface area contributed by atoms with Gasteiger partial charge in [-0.15, -0.1) is 5.10 Å². The first-order valence-electron chi connectivity index (χ1n) is 6.41. The van der Waals surface area contributed by atoms with E-state index in [1.165, 1.54) is 0 Å². The third kappa shape index (κ3) is 2.66. The van der Waals surface area contributed by atoms with Crippen molar-refractivity contribution in [2.45, 2.75) is 13.0 Å². The molecule has 7 heteroatoms. The van der Waals surface area contributed by atoms with Crippen LogP contribution in [0.1, 0.15) is 6.42 Å². The standard InChI is InChI=1S/C13H15N7/c14-10-2-3-12-11(8-10)13(17-9-16-12)15-4-1-6-20-7-5-18-19-20/h2-3,5,7-9H,1,4,6,14H2,(H,15,16,17). The number of anilines is 2. The lowest BCUT2D eigenvalue weighted by molar-refractivity contribution is 0.569. The maximum absolute atomic E-state index is 5.81. The van der Waals surface area contributed by atoms with Gasteiger partial charge >= 0.3 is 0 Å². The van der Waals surface area contributed by atoms with Crippen LogP contribution in [0.5, 0.6) is 0 Å². The maximum atomic E-state index is 5.81. The van der Waals surface area contributed by atoms with Crippen LogP contribution in [0.25, 0.3) is 10.9 Å². The molecule has 3 aromatic rings. The fourth-order valence-electron chi connectivity index (χ4n) is 2.01. The van der Waals surface area contributed by atoms with E-state index in [9.17, 15) is 0 Å². The number of aromatic nitrogens is 5. The number of nitrogen functional groups attached to an aromatic ring is 1. The van der Waals surface area contributed by atoms with Crippen LogP contribution in [0.4, 0.5) is 11.5 Å². The summed E-state index contributed by atoms with van der Waals surface area (Å²) in [4.78, 5) is 8.49. The topological polar surface area (TPSA) is 94.5 Å². The molecule has 2 aromatic heterocycles. The van der Waals surface area contributed by atoms with Gasteiger partial charge in [0.1, 0.15) is 12.1 Å². The predicted octanol–water partition coefficient (Wildman–Crippen LogP) is 1.31. The molecule has 0 atom stereocenters. The molecular formula is C13H15N7. The quantitative estimate of drug-likeness (QED) is 0.535. The number of benzene rings is 1. The Morgan fingerprint density at radius 3 is 3.05 bits per heavy atom. The van der Waals surface area contributed by atoms with E-state index in [-0.39, 0.29) is 0 Å². The van der Waals surface area contributed by atoms with Gasteiger partial charge in [0.15, 0.2) is 0 Å². The maximum Gasteiger partial charge on any atom is 0.137 e. The molecule has 0 fully saturated rings. The van der Waals surface area contributed by atoms with Gasteiger partial charge in [0.05, 0.1) is 11.7 Å². The first-order valence-corrected chi connectivity index (χ1v) is 6.41. The van der Waals surface area contributed by atoms with Gasteiger partial charge in [-0.3, -0.25) is 4.68 Å². The summed E-state index contributed by atoms with van der Waals surface area (Å²) in [7, 11) is 0. The number of hydrogen-bond donors (Lipinski definition) is 2. The molecular weight excluding hydrogens is 254 g/mol. The second kappa shape index (κ2) is 5.52. The van der Waals surface area contributed by atoms with Crippen LogP contribution in [0.15, 0.2) is 36.9 Å². The first kappa shape index (κ1) is 12.3. The zero-order valence-electron chi connectivity index (χ0n) is 10.9. The fourth-order valence-corrected chi connectivity index (χ4v) is 2.01. The average molecular weight is 269 g/mol. The van der Waals surface area contributed by atoms with Crippen molar-refractivity contribution in [1.29, 1.82) is 0 Å². The van der Waals surface area contributed by atoms with Gasteiger partial charge in [0.25, 0.3) is 0 Å². The smallest absolute Gasteiger partial charge is 0.137 e. The van der Waals surface area contributed by atoms with Crippen molar-refractivity contribution in [2.24, 2.45) is 0 Å². The molecule has 0 aliphatic rings. The van der Waals surface area contributed by atoms with E-state index in [4.69, 9.17) is 5.73 Å². The van der Waals surface area contributed by atoms with E-state index < -0.39 is 0 Å². The van der Waals surface area contributed by atoms with Crippen molar-refractivity contribution < 1.29 is 0 Å². The highest BCUT2D eigenvalue weighted by atomic mass is 15.4. The summed E-state index contributed by atoms with van der Waals surface area (Å²) >= 11 is 0. The second-order valence-electron chi connectivity index (χ2n) is 4.45. The van der Waals surface area contributed by atoms with Crippen LogP contribution in [0.2, 0.25) is 0 Å². The summed E-state index contributed by atoms with van der Waals surface area (Å²) < 4.78 is 1.80. The van der Waals surface area contributed by atoms with E-state index in [2.05, 4.69) is 25.6 Å². The third-order valence-corrected chi connectivity index (χ3v) is 2.99. The molecule has 0 aliphatic carbocycles. The van der Waals surface area contributed by atoms with Gasteiger partial charge in [-0.2, -0.15) is 0 Å². The number of aryl methyl sites for hydroxylation is 1. The van der Waals surface area contributed by atoms with Crippen molar-refractivity contribution in [1.82, 2.24) is 25.0 Å². The molecule has 3 N–H and O–H groups in total. The van der Waals surface area contributed by atoms with Gasteiger partial charge in [-0.1, -0.05) is 5.21 Å². The minimum atomic E-state index is 0.706. The number of rotatable bonds is 5. The lowest BCUT2D eigenvalue weighted by Gasteiger charge is -2.08. The molecule has 7 nitrogen and oxygen atoms in total. The summed E-state index contributed by atoms with van der Waals surface area (Å²) in [5, 5.41) is 11.9. The Balaban J connectivity index is 1.66. The van der Waals surface area contributed by atoms with Crippen LogP contribution in [-0.4, -0.2) is 31.5 Å². The summed E-state index contributed by atoms with van der Waals surface area (Å²) in [5.74, 6) is 0.806. The van der Waals surface area contributed by atoms with E-state index >= 15 is 0 Å². The Morgan fingerprint density at radius 2 is 2.20 bits per heavy atom. The van der Waals surface area contributed by atoms with Crippen LogP contribution in [0, 0.1) is 0 Å². The molecule has 2 heterocycles. The highest BCUT2D eigenvalue weighted by Gasteiger charge is 2.03. The van der Waals surface area contributed by atoms with Crippen molar-refractivity contribution in [3.05, 3.63) is 36.9 Å². The van der Waals surface area contributed by atoms with Crippen LogP contribution in [0.3, 0.4) is 0 Å². The molecule has 0 saturated heterocycles. The fraction of sp³-hybridized carbons (Fsp3) is 0.231. The van der Waals surface area contributed by atoms with E-state index in [0.717, 1.165) is 36.2 Å². The Morgan fingerprint density at radius 1 is 1.25 bits per heavy atom. The third-order valence-electron chi connectivity index (χ3n) is 2.99. The van der Waals surface area contributed by atoms with Gasteiger partial charge in [0, 0.05) is 30.4 Å². The molecule has 1 aromatic carbocycles. The highest BCUT2D eigenvalue weighted by molar-refractivity contribution is 5.91.